The van der Waals surface area contributed by atoms with Gasteiger partial charge >= 0.3 is 0 Å². The van der Waals surface area contributed by atoms with Crippen molar-refractivity contribution in [2.24, 2.45) is 0 Å². The first-order chi connectivity index (χ1) is 13.8. The fourth-order valence-corrected chi connectivity index (χ4v) is 3.03. The van der Waals surface area contributed by atoms with E-state index in [1.54, 1.807) is 18.2 Å². The minimum atomic E-state index is -0.217. The van der Waals surface area contributed by atoms with E-state index in [2.05, 4.69) is 26.6 Å². The van der Waals surface area contributed by atoms with E-state index in [0.717, 1.165) is 16.5 Å². The van der Waals surface area contributed by atoms with Crippen LogP contribution in [-0.2, 0) is 11.2 Å². The van der Waals surface area contributed by atoms with E-state index in [1.165, 1.54) is 7.11 Å². The van der Waals surface area contributed by atoms with E-state index < -0.39 is 0 Å². The molecule has 0 bridgehead atoms. The molecule has 0 aromatic heterocycles. The van der Waals surface area contributed by atoms with Gasteiger partial charge < -0.3 is 20.1 Å². The summed E-state index contributed by atoms with van der Waals surface area (Å²) in [5.74, 6) is 0.393. The highest BCUT2D eigenvalue weighted by molar-refractivity contribution is 9.10. The Morgan fingerprint density at radius 1 is 1.00 bits per heavy atom. The number of hydrogen-bond acceptors (Lipinski definition) is 4. The van der Waals surface area contributed by atoms with Crippen molar-refractivity contribution in [1.82, 2.24) is 10.6 Å². The highest BCUT2D eigenvalue weighted by atomic mass is 79.9. The average Bonchev–Trinajstić information content (AvgIpc) is 2.67. The highest BCUT2D eigenvalue weighted by Gasteiger charge is 2.15. The van der Waals surface area contributed by atoms with Crippen molar-refractivity contribution < 1.29 is 19.1 Å². The first kappa shape index (κ1) is 22.7. The summed E-state index contributed by atoms with van der Waals surface area (Å²) in [4.78, 5) is 24.3. The number of rotatable bonds is 9. The van der Waals surface area contributed by atoms with Crippen LogP contribution < -0.4 is 20.1 Å². The van der Waals surface area contributed by atoms with E-state index in [4.69, 9.17) is 9.47 Å². The van der Waals surface area contributed by atoms with Crippen LogP contribution in [0.5, 0.6) is 11.5 Å². The lowest BCUT2D eigenvalue weighted by molar-refractivity contribution is -0.123. The second kappa shape index (κ2) is 10.9. The maximum atomic E-state index is 12.6. The molecule has 0 saturated carbocycles. The van der Waals surface area contributed by atoms with Gasteiger partial charge in [-0.1, -0.05) is 28.1 Å². The number of hydrogen-bond donors (Lipinski definition) is 2. The third-order valence-electron chi connectivity index (χ3n) is 4.07. The van der Waals surface area contributed by atoms with Crippen molar-refractivity contribution in [1.29, 1.82) is 0 Å². The molecule has 0 radical (unpaired) electrons. The van der Waals surface area contributed by atoms with Gasteiger partial charge in [0.15, 0.2) is 18.1 Å². The summed E-state index contributed by atoms with van der Waals surface area (Å²) in [6.07, 6.45) is 0.725. The fraction of sp³-hybridized carbons (Fsp3) is 0.364. The Kier molecular flexibility index (Phi) is 8.51. The Balaban J connectivity index is 1.97. The zero-order chi connectivity index (χ0) is 21.4. The van der Waals surface area contributed by atoms with Gasteiger partial charge in [0.2, 0.25) is 0 Å². The highest BCUT2D eigenvalue weighted by Crippen LogP contribution is 2.28. The SMILES string of the molecule is COc1cc(C(=O)NC(C)Cc2ccc(Br)cc2)ccc1OCC(=O)NC(C)C. The van der Waals surface area contributed by atoms with E-state index in [-0.39, 0.29) is 30.5 Å². The Bertz CT molecular complexity index is 837. The molecule has 156 valence electrons. The summed E-state index contributed by atoms with van der Waals surface area (Å²) in [6.45, 7) is 5.60. The van der Waals surface area contributed by atoms with Gasteiger partial charge in [-0.25, -0.2) is 0 Å². The summed E-state index contributed by atoms with van der Waals surface area (Å²) in [7, 11) is 1.49. The Morgan fingerprint density at radius 2 is 1.69 bits per heavy atom. The normalized spacial score (nSPS) is 11.7. The van der Waals surface area contributed by atoms with E-state index in [0.29, 0.717) is 17.1 Å². The first-order valence-corrected chi connectivity index (χ1v) is 10.2. The monoisotopic (exact) mass is 462 g/mol. The van der Waals surface area contributed by atoms with Crippen molar-refractivity contribution in [2.75, 3.05) is 13.7 Å². The zero-order valence-electron chi connectivity index (χ0n) is 17.1. The molecule has 0 saturated heterocycles. The maximum Gasteiger partial charge on any atom is 0.258 e. The summed E-state index contributed by atoms with van der Waals surface area (Å²) >= 11 is 3.42. The summed E-state index contributed by atoms with van der Waals surface area (Å²) < 4.78 is 11.9. The maximum absolute atomic E-state index is 12.6. The molecule has 0 spiro atoms. The third-order valence-corrected chi connectivity index (χ3v) is 4.60. The molecule has 2 rings (SSSR count). The van der Waals surface area contributed by atoms with Crippen LogP contribution in [0.25, 0.3) is 0 Å². The molecule has 29 heavy (non-hydrogen) atoms. The molecule has 2 amide bonds. The van der Waals surface area contributed by atoms with Crippen LogP contribution in [-0.4, -0.2) is 37.6 Å². The van der Waals surface area contributed by atoms with Gasteiger partial charge in [0.1, 0.15) is 0 Å². The second-order valence-electron chi connectivity index (χ2n) is 7.08. The van der Waals surface area contributed by atoms with Gasteiger partial charge in [-0.3, -0.25) is 9.59 Å². The van der Waals surface area contributed by atoms with Gasteiger partial charge in [0.05, 0.1) is 7.11 Å². The van der Waals surface area contributed by atoms with Gasteiger partial charge in [-0.15, -0.1) is 0 Å². The predicted molar refractivity (Wildman–Crippen MR) is 117 cm³/mol. The standard InChI is InChI=1S/C22H27BrN2O4/c1-14(2)24-21(26)13-29-19-10-7-17(12-20(19)28-4)22(27)25-15(3)11-16-5-8-18(23)9-6-16/h5-10,12,14-15H,11,13H2,1-4H3,(H,24,26)(H,25,27). The van der Waals surface area contributed by atoms with Crippen LogP contribution in [0, 0.1) is 0 Å². The summed E-state index contributed by atoms with van der Waals surface area (Å²) in [6, 6.07) is 12.9. The van der Waals surface area contributed by atoms with Crippen LogP contribution >= 0.6 is 15.9 Å². The van der Waals surface area contributed by atoms with E-state index in [9.17, 15) is 9.59 Å². The predicted octanol–water partition coefficient (Wildman–Crippen LogP) is 3.72. The number of carbonyl (C=O) groups is 2. The lowest BCUT2D eigenvalue weighted by atomic mass is 10.1. The molecule has 0 aliphatic rings. The van der Waals surface area contributed by atoms with Crippen molar-refractivity contribution in [3.05, 3.63) is 58.1 Å². The smallest absolute Gasteiger partial charge is 0.258 e. The number of nitrogens with one attached hydrogen (secondary N) is 2. The quantitative estimate of drug-likeness (QED) is 0.595. The van der Waals surface area contributed by atoms with Crippen LogP contribution in [0.1, 0.15) is 36.7 Å². The van der Waals surface area contributed by atoms with Crippen LogP contribution in [0.2, 0.25) is 0 Å². The molecule has 2 aromatic rings. The molecular formula is C22H27BrN2O4. The largest absolute Gasteiger partial charge is 0.493 e. The lowest BCUT2D eigenvalue weighted by Crippen LogP contribution is -2.34. The van der Waals surface area contributed by atoms with Crippen molar-refractivity contribution in [2.45, 2.75) is 39.3 Å². The number of amides is 2. The molecule has 0 aliphatic carbocycles. The Morgan fingerprint density at radius 3 is 2.31 bits per heavy atom. The van der Waals surface area contributed by atoms with E-state index >= 15 is 0 Å². The molecular weight excluding hydrogens is 436 g/mol. The van der Waals surface area contributed by atoms with Gasteiger partial charge in [-0.2, -0.15) is 0 Å². The molecule has 7 heteroatoms. The number of benzene rings is 2. The Hall–Kier alpha value is -2.54. The molecule has 0 fully saturated rings. The first-order valence-electron chi connectivity index (χ1n) is 9.44. The number of ether oxygens (including phenoxy) is 2. The molecule has 0 aliphatic heterocycles. The minimum Gasteiger partial charge on any atom is -0.493 e. The topological polar surface area (TPSA) is 76.7 Å². The second-order valence-corrected chi connectivity index (χ2v) is 8.00. The van der Waals surface area contributed by atoms with Crippen LogP contribution in [0.15, 0.2) is 46.9 Å². The molecule has 1 unspecified atom stereocenters. The third kappa shape index (κ3) is 7.42. The average molecular weight is 463 g/mol. The van der Waals surface area contributed by atoms with Gasteiger partial charge in [0.25, 0.3) is 11.8 Å². The molecule has 1 atom stereocenters. The molecule has 6 nitrogen and oxygen atoms in total. The molecule has 2 N–H and O–H groups in total. The number of methoxy groups -OCH3 is 1. The van der Waals surface area contributed by atoms with Gasteiger partial charge in [-0.05, 0) is 63.1 Å². The van der Waals surface area contributed by atoms with Crippen molar-refractivity contribution in [3.63, 3.8) is 0 Å². The molecule has 0 heterocycles. The minimum absolute atomic E-state index is 0.0367. The van der Waals surface area contributed by atoms with Crippen molar-refractivity contribution >= 4 is 27.7 Å². The Labute approximate surface area is 180 Å². The summed E-state index contributed by atoms with van der Waals surface area (Å²) in [5.41, 5.74) is 1.60. The zero-order valence-corrected chi connectivity index (χ0v) is 18.7. The van der Waals surface area contributed by atoms with Gasteiger partial charge in [0, 0.05) is 22.1 Å². The lowest BCUT2D eigenvalue weighted by Gasteiger charge is -2.16. The molecule has 2 aromatic carbocycles. The van der Waals surface area contributed by atoms with Crippen LogP contribution in [0.4, 0.5) is 0 Å². The fourth-order valence-electron chi connectivity index (χ4n) is 2.77. The van der Waals surface area contributed by atoms with Crippen LogP contribution in [0.3, 0.4) is 0 Å². The summed E-state index contributed by atoms with van der Waals surface area (Å²) in [5, 5.41) is 5.74. The van der Waals surface area contributed by atoms with E-state index in [1.807, 2.05) is 45.0 Å². The van der Waals surface area contributed by atoms with Crippen molar-refractivity contribution in [3.8, 4) is 11.5 Å². The number of carbonyl (C=O) groups excluding carboxylic acids is 2. The number of halogens is 1.